The largest absolute Gasteiger partial charge is 0.329 e. The zero-order valence-electron chi connectivity index (χ0n) is 11.8. The maximum absolute atomic E-state index is 6.17. The number of nitrogens with two attached hydrogens (primary N) is 1. The van der Waals surface area contributed by atoms with Gasteiger partial charge in [0.15, 0.2) is 0 Å². The first-order valence-electron chi connectivity index (χ1n) is 7.69. The molecule has 0 aromatic carbocycles. The summed E-state index contributed by atoms with van der Waals surface area (Å²) in [6.07, 6.45) is 9.62. The Morgan fingerprint density at radius 2 is 1.94 bits per heavy atom. The summed E-state index contributed by atoms with van der Waals surface area (Å²) in [5, 5.41) is 0. The van der Waals surface area contributed by atoms with Gasteiger partial charge in [0.1, 0.15) is 0 Å². The van der Waals surface area contributed by atoms with E-state index in [-0.39, 0.29) is 0 Å². The fourth-order valence-electron chi connectivity index (χ4n) is 3.57. The SMILES string of the molecule is CCCN(CC1CC1)C1(CN)CCC(CC)C1. The molecule has 0 saturated heterocycles. The summed E-state index contributed by atoms with van der Waals surface area (Å²) in [7, 11) is 0. The van der Waals surface area contributed by atoms with Crippen LogP contribution in [0.4, 0.5) is 0 Å². The molecule has 17 heavy (non-hydrogen) atoms. The lowest BCUT2D eigenvalue weighted by atomic mass is 9.92. The van der Waals surface area contributed by atoms with Crippen LogP contribution in [0.1, 0.15) is 58.8 Å². The smallest absolute Gasteiger partial charge is 0.0334 e. The highest BCUT2D eigenvalue weighted by molar-refractivity contribution is 5.00. The summed E-state index contributed by atoms with van der Waals surface area (Å²) >= 11 is 0. The van der Waals surface area contributed by atoms with E-state index in [1.54, 1.807) is 0 Å². The molecule has 100 valence electrons. The summed E-state index contributed by atoms with van der Waals surface area (Å²) in [4.78, 5) is 2.76. The molecule has 2 aliphatic rings. The molecule has 2 saturated carbocycles. The molecular weight excluding hydrogens is 208 g/mol. The van der Waals surface area contributed by atoms with Crippen molar-refractivity contribution in [3.05, 3.63) is 0 Å². The fraction of sp³-hybridized carbons (Fsp3) is 1.00. The van der Waals surface area contributed by atoms with Crippen LogP contribution in [-0.4, -0.2) is 30.1 Å². The van der Waals surface area contributed by atoms with Crippen LogP contribution in [0.3, 0.4) is 0 Å². The molecular formula is C15H30N2. The summed E-state index contributed by atoms with van der Waals surface area (Å²) in [5.41, 5.74) is 6.53. The molecule has 2 N–H and O–H groups in total. The molecule has 2 heteroatoms. The minimum Gasteiger partial charge on any atom is -0.329 e. The molecule has 2 unspecified atom stereocenters. The van der Waals surface area contributed by atoms with Gasteiger partial charge in [-0.25, -0.2) is 0 Å². The highest BCUT2D eigenvalue weighted by Gasteiger charge is 2.43. The predicted molar refractivity (Wildman–Crippen MR) is 74.0 cm³/mol. The van der Waals surface area contributed by atoms with Crippen molar-refractivity contribution in [2.75, 3.05) is 19.6 Å². The van der Waals surface area contributed by atoms with Gasteiger partial charge in [-0.05, 0) is 56.9 Å². The molecule has 0 heterocycles. The van der Waals surface area contributed by atoms with E-state index >= 15 is 0 Å². The molecule has 0 amide bonds. The highest BCUT2D eigenvalue weighted by atomic mass is 15.2. The van der Waals surface area contributed by atoms with Gasteiger partial charge in [0, 0.05) is 18.6 Å². The van der Waals surface area contributed by atoms with E-state index in [9.17, 15) is 0 Å². The first-order chi connectivity index (χ1) is 8.24. The zero-order chi connectivity index (χ0) is 12.3. The lowest BCUT2D eigenvalue weighted by Crippen LogP contribution is -2.53. The van der Waals surface area contributed by atoms with Crippen LogP contribution in [0, 0.1) is 11.8 Å². The Bertz CT molecular complexity index is 237. The van der Waals surface area contributed by atoms with E-state index in [0.29, 0.717) is 5.54 Å². The van der Waals surface area contributed by atoms with Crippen LogP contribution in [0.2, 0.25) is 0 Å². The van der Waals surface area contributed by atoms with Crippen molar-refractivity contribution in [3.63, 3.8) is 0 Å². The Hall–Kier alpha value is -0.0800. The number of nitrogens with zero attached hydrogens (tertiary/aromatic N) is 1. The topological polar surface area (TPSA) is 29.3 Å². The fourth-order valence-corrected chi connectivity index (χ4v) is 3.57. The van der Waals surface area contributed by atoms with Crippen LogP contribution in [0.5, 0.6) is 0 Å². The molecule has 2 atom stereocenters. The summed E-state index contributed by atoms with van der Waals surface area (Å²) in [5.74, 6) is 1.92. The Morgan fingerprint density at radius 1 is 1.18 bits per heavy atom. The van der Waals surface area contributed by atoms with Crippen molar-refractivity contribution in [3.8, 4) is 0 Å². The third kappa shape index (κ3) is 3.03. The molecule has 2 aliphatic carbocycles. The monoisotopic (exact) mass is 238 g/mol. The molecule has 0 aromatic rings. The van der Waals surface area contributed by atoms with E-state index in [1.165, 1.54) is 58.0 Å². The molecule has 0 bridgehead atoms. The lowest BCUT2D eigenvalue weighted by Gasteiger charge is -2.41. The number of hydrogen-bond donors (Lipinski definition) is 1. The third-order valence-electron chi connectivity index (χ3n) is 4.98. The van der Waals surface area contributed by atoms with E-state index < -0.39 is 0 Å². The van der Waals surface area contributed by atoms with Gasteiger partial charge in [-0.15, -0.1) is 0 Å². The second-order valence-corrected chi connectivity index (χ2v) is 6.33. The Balaban J connectivity index is 2.01. The first kappa shape index (κ1) is 13.4. The summed E-state index contributed by atoms with van der Waals surface area (Å²) < 4.78 is 0. The van der Waals surface area contributed by atoms with Crippen molar-refractivity contribution < 1.29 is 0 Å². The second-order valence-electron chi connectivity index (χ2n) is 6.33. The number of rotatable bonds is 7. The van der Waals surface area contributed by atoms with Gasteiger partial charge < -0.3 is 5.73 Å². The van der Waals surface area contributed by atoms with Crippen molar-refractivity contribution >= 4 is 0 Å². The second kappa shape index (κ2) is 5.71. The van der Waals surface area contributed by atoms with Crippen LogP contribution >= 0.6 is 0 Å². The Labute approximate surface area is 107 Å². The van der Waals surface area contributed by atoms with E-state index in [4.69, 9.17) is 5.73 Å². The van der Waals surface area contributed by atoms with Crippen LogP contribution in [0.25, 0.3) is 0 Å². The molecule has 0 spiro atoms. The highest BCUT2D eigenvalue weighted by Crippen LogP contribution is 2.42. The maximum atomic E-state index is 6.17. The number of hydrogen-bond acceptors (Lipinski definition) is 2. The molecule has 2 rings (SSSR count). The predicted octanol–water partition coefficient (Wildman–Crippen LogP) is 3.02. The molecule has 2 nitrogen and oxygen atoms in total. The quantitative estimate of drug-likeness (QED) is 0.739. The van der Waals surface area contributed by atoms with E-state index in [1.807, 2.05) is 0 Å². The molecule has 0 radical (unpaired) electrons. The lowest BCUT2D eigenvalue weighted by molar-refractivity contribution is 0.0889. The van der Waals surface area contributed by atoms with Crippen LogP contribution in [-0.2, 0) is 0 Å². The van der Waals surface area contributed by atoms with Gasteiger partial charge in [-0.3, -0.25) is 4.90 Å². The van der Waals surface area contributed by atoms with Crippen molar-refractivity contribution in [1.82, 2.24) is 4.90 Å². The Kier molecular flexibility index (Phi) is 4.48. The average Bonchev–Trinajstić information content (AvgIpc) is 3.06. The minimum atomic E-state index is 0.360. The van der Waals surface area contributed by atoms with E-state index in [0.717, 1.165) is 18.4 Å². The third-order valence-corrected chi connectivity index (χ3v) is 4.98. The minimum absolute atomic E-state index is 0.360. The Morgan fingerprint density at radius 3 is 2.41 bits per heavy atom. The van der Waals surface area contributed by atoms with Crippen molar-refractivity contribution in [2.24, 2.45) is 17.6 Å². The first-order valence-corrected chi connectivity index (χ1v) is 7.69. The van der Waals surface area contributed by atoms with E-state index in [2.05, 4.69) is 18.7 Å². The molecule has 0 aromatic heterocycles. The van der Waals surface area contributed by atoms with Gasteiger partial charge in [-0.2, -0.15) is 0 Å². The average molecular weight is 238 g/mol. The standard InChI is InChI=1S/C15H30N2/c1-3-9-17(11-14-5-6-14)15(12-16)8-7-13(4-2)10-15/h13-14H,3-12,16H2,1-2H3. The summed E-state index contributed by atoms with van der Waals surface area (Å²) in [6.45, 7) is 8.08. The molecule has 2 fully saturated rings. The van der Waals surface area contributed by atoms with Crippen LogP contribution in [0.15, 0.2) is 0 Å². The zero-order valence-corrected chi connectivity index (χ0v) is 11.8. The van der Waals surface area contributed by atoms with Crippen molar-refractivity contribution in [1.29, 1.82) is 0 Å². The molecule has 0 aliphatic heterocycles. The van der Waals surface area contributed by atoms with Gasteiger partial charge >= 0.3 is 0 Å². The van der Waals surface area contributed by atoms with Crippen molar-refractivity contribution in [2.45, 2.75) is 64.3 Å². The van der Waals surface area contributed by atoms with Gasteiger partial charge in [-0.1, -0.05) is 20.3 Å². The van der Waals surface area contributed by atoms with Gasteiger partial charge in [0.05, 0.1) is 0 Å². The van der Waals surface area contributed by atoms with Gasteiger partial charge in [0.25, 0.3) is 0 Å². The normalized spacial score (nSPS) is 33.5. The van der Waals surface area contributed by atoms with Crippen LogP contribution < -0.4 is 5.73 Å². The maximum Gasteiger partial charge on any atom is 0.0334 e. The van der Waals surface area contributed by atoms with Gasteiger partial charge in [0.2, 0.25) is 0 Å². The summed E-state index contributed by atoms with van der Waals surface area (Å²) in [6, 6.07) is 0.